The molecule has 0 bridgehead atoms. The number of thiazole rings is 2. The molecule has 0 amide bonds. The van der Waals surface area contributed by atoms with E-state index >= 15 is 0 Å². The maximum atomic E-state index is 5.70. The molecule has 0 atom stereocenters. The zero-order valence-corrected chi connectivity index (χ0v) is 108. The van der Waals surface area contributed by atoms with E-state index in [2.05, 4.69) is 564 Å². The molecule has 814 valence electrons. The summed E-state index contributed by atoms with van der Waals surface area (Å²) in [7, 11) is 0. The molecule has 11 heterocycles. The number of hydrogen-bond donors (Lipinski definition) is 0. The second kappa shape index (κ2) is 48.5. The van der Waals surface area contributed by atoms with Crippen molar-refractivity contribution in [3.8, 4) is 0 Å². The molecule has 0 fully saturated rings. The Labute approximate surface area is 895 Å². The molecular weight excluding hydrogens is 1860 g/mol. The summed E-state index contributed by atoms with van der Waals surface area (Å²) in [4.78, 5) is 32.7. The van der Waals surface area contributed by atoms with Crippen molar-refractivity contribution >= 4 is 56.9 Å². The lowest BCUT2D eigenvalue weighted by Crippen LogP contribution is -2.23. The normalized spacial score (nSPS) is 13.4. The van der Waals surface area contributed by atoms with Gasteiger partial charge in [-0.25, -0.2) is 24.9 Å². The quantitative estimate of drug-likeness (QED) is 0.138. The third kappa shape index (κ3) is 47.8. The molecule has 11 aromatic heterocycles. The molecule has 11 rings (SSSR count). The molecule has 18 nitrogen and oxygen atoms in total. The molecular formula is C120H210N14O4S5. The SMILES string of the molecule is CC(C)(C)c1ccc(C(C)(C)C)s1.CC(C)(C)c1ccn(C(C)(C)C)n1.CC(C)(C)c1cnc(C(C)(C)C)o1.CC(C)(C)c1cnc(C(C)(C)C)s1.CC(C)(C)c1cnn(C(C)(C)C)c1.CC(C)(C)c1coc(C(C)(C)C)n1.CC(C)(C)c1csc(C(C)(C)C)c1.CC(C)(C)c1csc(C(C)(C)C)n1.CC(C)(C)c1nnc(C(C)(C)C)o1.CC(C)(C)c1noc(C(C)(C)C)n1.CC(C)(C)c1nsc(C(C)(C)C)n1. The fourth-order valence-corrected chi connectivity index (χ4v) is 16.2. The summed E-state index contributed by atoms with van der Waals surface area (Å²) in [5.41, 5.74) is 8.77. The van der Waals surface area contributed by atoms with Crippen molar-refractivity contribution in [1.82, 2.24) is 69.2 Å². The Balaban J connectivity index is 0.000000786. The van der Waals surface area contributed by atoms with Gasteiger partial charge in [0.15, 0.2) is 17.6 Å². The number of hydrogen-bond acceptors (Lipinski definition) is 21. The van der Waals surface area contributed by atoms with Crippen molar-refractivity contribution in [1.29, 1.82) is 0 Å². The van der Waals surface area contributed by atoms with Crippen molar-refractivity contribution in [2.45, 2.75) is 576 Å². The first-order chi connectivity index (χ1) is 62.8. The topological polar surface area (TPSA) is 217 Å². The van der Waals surface area contributed by atoms with Gasteiger partial charge in [-0.1, -0.05) is 421 Å². The van der Waals surface area contributed by atoms with Crippen molar-refractivity contribution in [2.24, 2.45) is 0 Å². The molecule has 143 heavy (non-hydrogen) atoms. The van der Waals surface area contributed by atoms with Gasteiger partial charge in [0.2, 0.25) is 17.7 Å². The van der Waals surface area contributed by atoms with Crippen LogP contribution in [0.2, 0.25) is 0 Å². The van der Waals surface area contributed by atoms with Crippen molar-refractivity contribution in [2.75, 3.05) is 0 Å². The van der Waals surface area contributed by atoms with Crippen LogP contribution in [0.3, 0.4) is 0 Å². The zero-order chi connectivity index (χ0) is 113. The van der Waals surface area contributed by atoms with E-state index in [1.807, 2.05) is 62.0 Å². The van der Waals surface area contributed by atoms with E-state index < -0.39 is 0 Å². The van der Waals surface area contributed by atoms with Crippen LogP contribution in [0.15, 0.2) is 90.0 Å². The van der Waals surface area contributed by atoms with E-state index in [-0.39, 0.29) is 97.7 Å². The first-order valence-electron chi connectivity index (χ1n) is 51.5. The summed E-state index contributed by atoms with van der Waals surface area (Å²) < 4.78 is 30.4. The van der Waals surface area contributed by atoms with Crippen molar-refractivity contribution in [3.63, 3.8) is 0 Å². The second-order valence-electron chi connectivity index (χ2n) is 60.9. The van der Waals surface area contributed by atoms with Gasteiger partial charge in [0.25, 0.3) is 0 Å². The second-order valence-corrected chi connectivity index (χ2v) is 65.6. The minimum absolute atomic E-state index is 0.00347. The Kier molecular flexibility index (Phi) is 45.6. The van der Waals surface area contributed by atoms with Crippen LogP contribution in [0.1, 0.15) is 567 Å². The van der Waals surface area contributed by atoms with Gasteiger partial charge in [0.05, 0.1) is 50.6 Å². The highest BCUT2D eigenvalue weighted by molar-refractivity contribution is 7.12. The summed E-state index contributed by atoms with van der Waals surface area (Å²) in [5.74, 6) is 6.44. The van der Waals surface area contributed by atoms with E-state index in [4.69, 9.17) is 17.8 Å². The monoisotopic (exact) mass is 2070 g/mol. The predicted molar refractivity (Wildman–Crippen MR) is 623 cm³/mol. The van der Waals surface area contributed by atoms with Crippen molar-refractivity contribution < 1.29 is 17.8 Å². The smallest absolute Gasteiger partial charge is 0.232 e. The standard InChI is InChI=1S/2C12H20S.2C11H20N2.2C11H19NO.2C11H19NS.2C10H18N2O.C10H18N2S/c1-11(2,3)9-7-10(13-8-9)12(4,5)6;1-11(2,3)9-7-8-10(13-9)12(4,5)6;1-10(2,3)9-7-12-13(8-9)11(4,5)6;1-10(2,3)9-7-8-13(12-9)11(4,5)6;1-10(2,3)8-7-13-9(12-8)11(4,5)6;1-10(2,3)8-7-12-9(13-8)11(4,5)6;1-10(2,3)8-7-13-9(12-8)11(4,5)6;1-10(2,3)8-7-12-9(13-8)11(4,5)6;1-9(2,3)7-11-12-8(13-7)10(4,5)6;2*1-9(2,3)7-11-8(13-12-7)10(4,5)6/h4*7-8H,1-6H3;4*7H,1-6H3;3*1-6H3. The first-order valence-corrected chi connectivity index (χ1v) is 55.7. The summed E-state index contributed by atoms with van der Waals surface area (Å²) in [6, 6.07) is 8.99. The van der Waals surface area contributed by atoms with Crippen LogP contribution in [0.5, 0.6) is 0 Å². The largest absolute Gasteiger partial charge is 0.448 e. The minimum Gasteiger partial charge on any atom is -0.448 e. The fraction of sp³-hybridized carbons (Fsp3) is 0.733. The van der Waals surface area contributed by atoms with Gasteiger partial charge in [-0.3, -0.25) is 9.36 Å². The lowest BCUT2D eigenvalue weighted by molar-refractivity contribution is 0.314. The maximum Gasteiger partial charge on any atom is 0.232 e. The van der Waals surface area contributed by atoms with Gasteiger partial charge < -0.3 is 17.8 Å². The van der Waals surface area contributed by atoms with E-state index in [9.17, 15) is 0 Å². The molecule has 0 saturated carbocycles. The van der Waals surface area contributed by atoms with Crippen LogP contribution in [0.4, 0.5) is 0 Å². The number of rotatable bonds is 0. The molecule has 0 spiro atoms. The van der Waals surface area contributed by atoms with Crippen LogP contribution in [-0.4, -0.2) is 69.2 Å². The van der Waals surface area contributed by atoms with Crippen LogP contribution >= 0.6 is 56.9 Å². The number of aromatic nitrogens is 14. The van der Waals surface area contributed by atoms with E-state index in [1.54, 1.807) is 17.6 Å². The number of thiophene rings is 2. The van der Waals surface area contributed by atoms with Gasteiger partial charge in [0, 0.05) is 119 Å². The Hall–Kier alpha value is -6.66. The van der Waals surface area contributed by atoms with Crippen molar-refractivity contribution in [3.05, 3.63) is 182 Å². The van der Waals surface area contributed by atoms with Gasteiger partial charge >= 0.3 is 0 Å². The highest BCUT2D eigenvalue weighted by Crippen LogP contribution is 2.41. The van der Waals surface area contributed by atoms with Crippen LogP contribution < -0.4 is 0 Å². The highest BCUT2D eigenvalue weighted by atomic mass is 32.1. The Morgan fingerprint density at radius 2 is 0.685 bits per heavy atom. The Morgan fingerprint density at radius 3 is 0.902 bits per heavy atom. The highest BCUT2D eigenvalue weighted by Gasteiger charge is 2.34. The van der Waals surface area contributed by atoms with E-state index in [1.165, 1.54) is 57.9 Å². The molecule has 0 aromatic carbocycles. The molecule has 0 aliphatic heterocycles. The van der Waals surface area contributed by atoms with E-state index in [0.29, 0.717) is 39.3 Å². The van der Waals surface area contributed by atoms with Gasteiger partial charge in [-0.05, 0) is 126 Å². The molecule has 0 unspecified atom stereocenters. The Morgan fingerprint density at radius 1 is 0.273 bits per heavy atom. The van der Waals surface area contributed by atoms with Crippen LogP contribution in [-0.2, 0) is 119 Å². The summed E-state index contributed by atoms with van der Waals surface area (Å²) in [5, 5.41) is 29.0. The zero-order valence-electron chi connectivity index (χ0n) is 104. The minimum atomic E-state index is -0.0590. The summed E-state index contributed by atoms with van der Waals surface area (Å²) in [6.45, 7) is 143. The average molecular weight is 2070 g/mol. The van der Waals surface area contributed by atoms with Gasteiger partial charge in [-0.15, -0.1) is 55.5 Å². The molecule has 0 radical (unpaired) electrons. The molecule has 0 aliphatic carbocycles. The first kappa shape index (κ1) is 134. The molecule has 0 saturated heterocycles. The lowest BCUT2D eigenvalue weighted by atomic mass is 9.87. The average Bonchev–Trinajstić information content (AvgIpc) is 1.77. The van der Waals surface area contributed by atoms with Crippen LogP contribution in [0, 0.1) is 0 Å². The summed E-state index contributed by atoms with van der Waals surface area (Å²) in [6.07, 6.45) is 11.8. The molecule has 23 heteroatoms. The van der Waals surface area contributed by atoms with E-state index in [0.717, 1.165) is 45.6 Å². The molecule has 11 aromatic rings. The number of nitrogens with zero attached hydrogens (tertiary/aromatic N) is 14. The fourth-order valence-electron chi connectivity index (χ4n) is 10.8. The molecule has 0 N–H and O–H groups in total. The Bertz CT molecular complexity index is 4030. The summed E-state index contributed by atoms with van der Waals surface area (Å²) >= 11 is 8.96. The number of oxazole rings is 2. The van der Waals surface area contributed by atoms with Gasteiger partial charge in [0.1, 0.15) is 22.9 Å². The van der Waals surface area contributed by atoms with Crippen LogP contribution in [0.25, 0.3) is 0 Å². The maximum absolute atomic E-state index is 5.70. The molecule has 0 aliphatic rings. The third-order valence-corrected chi connectivity index (χ3v) is 28.8. The predicted octanol–water partition coefficient (Wildman–Crippen LogP) is 37.0. The lowest BCUT2D eigenvalue weighted by Gasteiger charge is -2.20. The third-order valence-electron chi connectivity index (χ3n) is 21.3. The van der Waals surface area contributed by atoms with Gasteiger partial charge in [-0.2, -0.15) is 19.6 Å².